The first-order valence-corrected chi connectivity index (χ1v) is 7.97. The number of amides is 2. The van der Waals surface area contributed by atoms with Gasteiger partial charge in [-0.25, -0.2) is 4.98 Å². The molecule has 22 heavy (non-hydrogen) atoms. The zero-order chi connectivity index (χ0) is 16.3. The van der Waals surface area contributed by atoms with Crippen molar-refractivity contribution in [2.24, 2.45) is 0 Å². The second kappa shape index (κ2) is 6.79. The molecule has 1 aromatic heterocycles. The van der Waals surface area contributed by atoms with Gasteiger partial charge in [0.2, 0.25) is 11.8 Å². The van der Waals surface area contributed by atoms with Gasteiger partial charge < -0.3 is 10.2 Å². The predicted molar refractivity (Wildman–Crippen MR) is 83.5 cm³/mol. The highest BCUT2D eigenvalue weighted by Gasteiger charge is 2.22. The van der Waals surface area contributed by atoms with Crippen molar-refractivity contribution < 1.29 is 9.59 Å². The standard InChI is InChI=1S/C15H18N4O2S/c1-9-10(2)12(6-16)15(18-11(9)3)22-8-14(21)19-5-4-17-13(20)7-19/h4-5,7-8H2,1-3H3,(H,17,20). The number of thioether (sulfide) groups is 1. The summed E-state index contributed by atoms with van der Waals surface area (Å²) in [5, 5.41) is 12.6. The van der Waals surface area contributed by atoms with E-state index in [1.807, 2.05) is 20.8 Å². The van der Waals surface area contributed by atoms with Crippen LogP contribution in [0.5, 0.6) is 0 Å². The quantitative estimate of drug-likeness (QED) is 0.838. The Bertz CT molecular complexity index is 666. The zero-order valence-corrected chi connectivity index (χ0v) is 13.7. The van der Waals surface area contributed by atoms with Gasteiger partial charge >= 0.3 is 0 Å². The smallest absolute Gasteiger partial charge is 0.239 e. The Morgan fingerprint density at radius 3 is 2.77 bits per heavy atom. The molecule has 0 aromatic carbocycles. The first-order chi connectivity index (χ1) is 10.4. The molecule has 0 atom stereocenters. The second-order valence-corrected chi connectivity index (χ2v) is 6.16. The number of hydrogen-bond donors (Lipinski definition) is 1. The molecule has 0 saturated carbocycles. The number of nitrogens with zero attached hydrogens (tertiary/aromatic N) is 3. The van der Waals surface area contributed by atoms with Crippen LogP contribution < -0.4 is 5.32 Å². The monoisotopic (exact) mass is 318 g/mol. The molecule has 1 aromatic rings. The van der Waals surface area contributed by atoms with Crippen LogP contribution in [0.25, 0.3) is 0 Å². The number of aryl methyl sites for hydroxylation is 1. The van der Waals surface area contributed by atoms with Gasteiger partial charge in [-0.15, -0.1) is 0 Å². The molecule has 1 aliphatic rings. The summed E-state index contributed by atoms with van der Waals surface area (Å²) in [6.07, 6.45) is 0. The van der Waals surface area contributed by atoms with E-state index in [1.54, 1.807) is 0 Å². The maximum atomic E-state index is 12.2. The van der Waals surface area contributed by atoms with Crippen LogP contribution in [0.4, 0.5) is 0 Å². The first-order valence-electron chi connectivity index (χ1n) is 6.99. The van der Waals surface area contributed by atoms with Crippen LogP contribution in [-0.2, 0) is 9.59 Å². The molecular weight excluding hydrogens is 300 g/mol. The molecule has 1 aliphatic heterocycles. The lowest BCUT2D eigenvalue weighted by Gasteiger charge is -2.26. The van der Waals surface area contributed by atoms with E-state index in [4.69, 9.17) is 0 Å². The highest BCUT2D eigenvalue weighted by Crippen LogP contribution is 2.26. The topological polar surface area (TPSA) is 86.1 Å². The predicted octanol–water partition coefficient (Wildman–Crippen LogP) is 0.929. The molecule has 0 unspecified atom stereocenters. The van der Waals surface area contributed by atoms with Gasteiger partial charge in [0, 0.05) is 18.8 Å². The summed E-state index contributed by atoms with van der Waals surface area (Å²) in [5.74, 6) is -0.0689. The fourth-order valence-corrected chi connectivity index (χ4v) is 3.21. The number of nitrogens with one attached hydrogen (secondary N) is 1. The van der Waals surface area contributed by atoms with Crippen LogP contribution in [0, 0.1) is 32.1 Å². The van der Waals surface area contributed by atoms with Crippen LogP contribution in [0.2, 0.25) is 0 Å². The van der Waals surface area contributed by atoms with Crippen molar-refractivity contribution in [2.45, 2.75) is 25.8 Å². The Morgan fingerprint density at radius 1 is 1.41 bits per heavy atom. The van der Waals surface area contributed by atoms with Crippen molar-refractivity contribution in [1.82, 2.24) is 15.2 Å². The third kappa shape index (κ3) is 3.39. The molecular formula is C15H18N4O2S. The molecule has 7 heteroatoms. The van der Waals surface area contributed by atoms with Gasteiger partial charge in [0.1, 0.15) is 11.1 Å². The highest BCUT2D eigenvalue weighted by atomic mass is 32.2. The van der Waals surface area contributed by atoms with Gasteiger partial charge in [0.15, 0.2) is 0 Å². The molecule has 2 rings (SSSR count). The minimum Gasteiger partial charge on any atom is -0.353 e. The van der Waals surface area contributed by atoms with E-state index in [-0.39, 0.29) is 24.1 Å². The van der Waals surface area contributed by atoms with E-state index >= 15 is 0 Å². The number of carbonyl (C=O) groups excluding carboxylic acids is 2. The van der Waals surface area contributed by atoms with Gasteiger partial charge in [0.25, 0.3) is 0 Å². The van der Waals surface area contributed by atoms with Crippen molar-refractivity contribution in [3.05, 3.63) is 22.4 Å². The van der Waals surface area contributed by atoms with Gasteiger partial charge in [0.05, 0.1) is 17.9 Å². The Balaban J connectivity index is 2.10. The van der Waals surface area contributed by atoms with Gasteiger partial charge in [-0.05, 0) is 31.9 Å². The van der Waals surface area contributed by atoms with Crippen molar-refractivity contribution in [3.8, 4) is 6.07 Å². The molecule has 0 bridgehead atoms. The van der Waals surface area contributed by atoms with Gasteiger partial charge in [-0.3, -0.25) is 9.59 Å². The van der Waals surface area contributed by atoms with Gasteiger partial charge in [-0.2, -0.15) is 5.26 Å². The number of carbonyl (C=O) groups is 2. The molecule has 0 aliphatic carbocycles. The van der Waals surface area contributed by atoms with E-state index in [1.165, 1.54) is 16.7 Å². The number of piperazine rings is 1. The fourth-order valence-electron chi connectivity index (χ4n) is 2.22. The van der Waals surface area contributed by atoms with Crippen molar-refractivity contribution >= 4 is 23.6 Å². The van der Waals surface area contributed by atoms with Crippen molar-refractivity contribution in [1.29, 1.82) is 5.26 Å². The Labute approximate surface area is 133 Å². The number of nitriles is 1. The summed E-state index contributed by atoms with van der Waals surface area (Å²) in [5.41, 5.74) is 3.29. The summed E-state index contributed by atoms with van der Waals surface area (Å²) in [7, 11) is 0. The maximum Gasteiger partial charge on any atom is 0.239 e. The van der Waals surface area contributed by atoms with Crippen molar-refractivity contribution in [2.75, 3.05) is 25.4 Å². The third-order valence-electron chi connectivity index (χ3n) is 3.80. The number of rotatable bonds is 3. The normalized spacial score (nSPS) is 14.5. The zero-order valence-electron chi connectivity index (χ0n) is 12.9. The molecule has 1 fully saturated rings. The molecule has 1 saturated heterocycles. The number of aromatic nitrogens is 1. The van der Waals surface area contributed by atoms with E-state index in [2.05, 4.69) is 16.4 Å². The fraction of sp³-hybridized carbons (Fsp3) is 0.467. The molecule has 2 amide bonds. The summed E-state index contributed by atoms with van der Waals surface area (Å²) in [6, 6.07) is 2.17. The largest absolute Gasteiger partial charge is 0.353 e. The minimum atomic E-state index is -0.137. The SMILES string of the molecule is Cc1nc(SCC(=O)N2CCNC(=O)C2)c(C#N)c(C)c1C. The van der Waals surface area contributed by atoms with Crippen LogP contribution in [-0.4, -0.2) is 47.1 Å². The van der Waals surface area contributed by atoms with E-state index in [9.17, 15) is 14.9 Å². The summed E-state index contributed by atoms with van der Waals surface area (Å²) >= 11 is 1.26. The molecule has 0 spiro atoms. The highest BCUT2D eigenvalue weighted by molar-refractivity contribution is 8.00. The van der Waals surface area contributed by atoms with Gasteiger partial charge in [-0.1, -0.05) is 11.8 Å². The molecule has 116 valence electrons. The molecule has 2 heterocycles. The summed E-state index contributed by atoms with van der Waals surface area (Å²) < 4.78 is 0. The van der Waals surface area contributed by atoms with E-state index in [0.717, 1.165) is 16.8 Å². The van der Waals surface area contributed by atoms with Crippen molar-refractivity contribution in [3.63, 3.8) is 0 Å². The lowest BCUT2D eigenvalue weighted by molar-refractivity contribution is -0.136. The maximum absolute atomic E-state index is 12.2. The summed E-state index contributed by atoms with van der Waals surface area (Å²) in [6.45, 7) is 6.83. The number of hydrogen-bond acceptors (Lipinski definition) is 5. The lowest BCUT2D eigenvalue weighted by atomic mass is 10.1. The van der Waals surface area contributed by atoms with Crippen LogP contribution >= 0.6 is 11.8 Å². The van der Waals surface area contributed by atoms with E-state index < -0.39 is 0 Å². The molecule has 0 radical (unpaired) electrons. The molecule has 6 nitrogen and oxygen atoms in total. The third-order valence-corrected chi connectivity index (χ3v) is 4.76. The average molecular weight is 318 g/mol. The molecule has 1 N–H and O–H groups in total. The summed E-state index contributed by atoms with van der Waals surface area (Å²) in [4.78, 5) is 29.4. The minimum absolute atomic E-state index is 0.101. The second-order valence-electron chi connectivity index (χ2n) is 5.19. The Hall–Kier alpha value is -2.07. The van der Waals surface area contributed by atoms with Crippen LogP contribution in [0.3, 0.4) is 0 Å². The Kier molecular flexibility index (Phi) is 5.03. The van der Waals surface area contributed by atoms with Crippen LogP contribution in [0.15, 0.2) is 5.03 Å². The first kappa shape index (κ1) is 16.3. The lowest BCUT2D eigenvalue weighted by Crippen LogP contribution is -2.50. The van der Waals surface area contributed by atoms with E-state index in [0.29, 0.717) is 23.7 Å². The van der Waals surface area contributed by atoms with Crippen LogP contribution in [0.1, 0.15) is 22.4 Å². The average Bonchev–Trinajstić information content (AvgIpc) is 2.50. The Morgan fingerprint density at radius 2 is 2.14 bits per heavy atom. The number of pyridine rings is 1.